The summed E-state index contributed by atoms with van der Waals surface area (Å²) < 4.78 is 1.87. The van der Waals surface area contributed by atoms with Gasteiger partial charge in [-0.05, 0) is 42.0 Å². The Kier molecular flexibility index (Phi) is 3.89. The van der Waals surface area contributed by atoms with Crippen molar-refractivity contribution in [2.75, 3.05) is 5.32 Å². The van der Waals surface area contributed by atoms with Crippen LogP contribution in [-0.4, -0.2) is 14.8 Å². The van der Waals surface area contributed by atoms with Gasteiger partial charge >= 0.3 is 0 Å². The molecule has 0 aliphatic heterocycles. The van der Waals surface area contributed by atoms with Gasteiger partial charge in [-0.3, -0.25) is 4.98 Å². The summed E-state index contributed by atoms with van der Waals surface area (Å²) in [6.07, 6.45) is 5.53. The van der Waals surface area contributed by atoms with E-state index < -0.39 is 0 Å². The molecule has 0 spiro atoms. The van der Waals surface area contributed by atoms with E-state index in [9.17, 15) is 0 Å². The maximum Gasteiger partial charge on any atom is 0.0723 e. The molecule has 4 rings (SSSR count). The molecular weight excluding hydrogens is 320 g/mol. The quantitative estimate of drug-likeness (QED) is 0.589. The predicted molar refractivity (Wildman–Crippen MR) is 97.6 cm³/mol. The number of aromatic nitrogens is 3. The van der Waals surface area contributed by atoms with E-state index in [1.165, 1.54) is 0 Å². The first-order valence-electron chi connectivity index (χ1n) is 7.67. The number of hydrogen-bond donors (Lipinski definition) is 1. The number of rotatable bonds is 4. The van der Waals surface area contributed by atoms with Crippen molar-refractivity contribution >= 4 is 28.2 Å². The van der Waals surface area contributed by atoms with Crippen LogP contribution in [0.3, 0.4) is 0 Å². The van der Waals surface area contributed by atoms with Crippen molar-refractivity contribution in [3.63, 3.8) is 0 Å². The zero-order chi connectivity index (χ0) is 16.4. The molecule has 0 amide bonds. The second-order valence-electron chi connectivity index (χ2n) is 5.45. The fourth-order valence-corrected chi connectivity index (χ4v) is 2.93. The number of nitrogens with one attached hydrogen (secondary N) is 1. The van der Waals surface area contributed by atoms with Gasteiger partial charge in [0.25, 0.3) is 0 Å². The first-order valence-corrected chi connectivity index (χ1v) is 8.05. The van der Waals surface area contributed by atoms with Gasteiger partial charge in [0, 0.05) is 41.2 Å². The number of hydrogen-bond acceptors (Lipinski definition) is 3. The Morgan fingerprint density at radius 1 is 1.00 bits per heavy atom. The number of benzene rings is 2. The summed E-state index contributed by atoms with van der Waals surface area (Å²) in [6.45, 7) is 0.682. The number of nitrogens with zero attached hydrogens (tertiary/aromatic N) is 3. The van der Waals surface area contributed by atoms with E-state index in [2.05, 4.69) is 27.5 Å². The van der Waals surface area contributed by atoms with Gasteiger partial charge in [-0.2, -0.15) is 5.10 Å². The third kappa shape index (κ3) is 2.84. The molecule has 0 bridgehead atoms. The molecule has 5 heteroatoms. The lowest BCUT2D eigenvalue weighted by molar-refractivity contribution is 0.864. The molecule has 0 radical (unpaired) electrons. The Labute approximate surface area is 144 Å². The molecule has 0 unspecified atom stereocenters. The van der Waals surface area contributed by atoms with Crippen LogP contribution < -0.4 is 5.32 Å². The summed E-state index contributed by atoms with van der Waals surface area (Å²) >= 11 is 6.13. The minimum atomic E-state index is 0.682. The van der Waals surface area contributed by atoms with Crippen molar-refractivity contribution < 1.29 is 0 Å². The fourth-order valence-electron chi connectivity index (χ4n) is 2.76. The molecule has 2 heterocycles. The van der Waals surface area contributed by atoms with E-state index in [1.54, 1.807) is 12.4 Å². The molecule has 0 fully saturated rings. The fraction of sp³-hybridized carbons (Fsp3) is 0.0526. The maximum absolute atomic E-state index is 6.13. The summed E-state index contributed by atoms with van der Waals surface area (Å²) in [7, 11) is 0. The average molecular weight is 335 g/mol. The number of anilines is 1. The van der Waals surface area contributed by atoms with Crippen molar-refractivity contribution in [2.24, 2.45) is 0 Å². The van der Waals surface area contributed by atoms with Crippen LogP contribution in [0.4, 0.5) is 5.69 Å². The highest BCUT2D eigenvalue weighted by Gasteiger charge is 2.06. The van der Waals surface area contributed by atoms with Crippen LogP contribution in [0.2, 0.25) is 5.02 Å². The third-order valence-corrected chi connectivity index (χ3v) is 4.15. The summed E-state index contributed by atoms with van der Waals surface area (Å²) in [4.78, 5) is 4.38. The highest BCUT2D eigenvalue weighted by molar-refractivity contribution is 6.31. The van der Waals surface area contributed by atoms with E-state index in [0.29, 0.717) is 11.6 Å². The van der Waals surface area contributed by atoms with E-state index in [-0.39, 0.29) is 0 Å². The molecule has 2 aromatic heterocycles. The average Bonchev–Trinajstić information content (AvgIpc) is 3.14. The Balaban J connectivity index is 1.66. The van der Waals surface area contributed by atoms with Gasteiger partial charge in [0.2, 0.25) is 0 Å². The Morgan fingerprint density at radius 2 is 1.92 bits per heavy atom. The SMILES string of the molecule is Clc1ccc2nccc(NCc3ccccc3-n3cccn3)c2c1. The van der Waals surface area contributed by atoms with Gasteiger partial charge in [-0.1, -0.05) is 29.8 Å². The number of pyridine rings is 1. The predicted octanol–water partition coefficient (Wildman–Crippen LogP) is 4.69. The molecule has 0 atom stereocenters. The molecule has 118 valence electrons. The van der Waals surface area contributed by atoms with Crippen molar-refractivity contribution in [3.05, 3.63) is 83.8 Å². The lowest BCUT2D eigenvalue weighted by Gasteiger charge is -2.13. The number of para-hydroxylation sites is 1. The van der Waals surface area contributed by atoms with Gasteiger partial charge in [0.05, 0.1) is 11.2 Å². The largest absolute Gasteiger partial charge is 0.380 e. The van der Waals surface area contributed by atoms with E-state index in [0.717, 1.165) is 27.8 Å². The van der Waals surface area contributed by atoms with Gasteiger partial charge in [0.15, 0.2) is 0 Å². The molecule has 0 aliphatic carbocycles. The van der Waals surface area contributed by atoms with Crippen molar-refractivity contribution in [2.45, 2.75) is 6.54 Å². The van der Waals surface area contributed by atoms with Crippen LogP contribution in [0.1, 0.15) is 5.56 Å². The van der Waals surface area contributed by atoms with Gasteiger partial charge in [-0.25, -0.2) is 4.68 Å². The molecule has 1 N–H and O–H groups in total. The van der Waals surface area contributed by atoms with Crippen LogP contribution in [0.15, 0.2) is 73.2 Å². The highest BCUT2D eigenvalue weighted by atomic mass is 35.5. The topological polar surface area (TPSA) is 42.7 Å². The lowest BCUT2D eigenvalue weighted by atomic mass is 10.1. The van der Waals surface area contributed by atoms with Crippen molar-refractivity contribution in [3.8, 4) is 5.69 Å². The minimum absolute atomic E-state index is 0.682. The lowest BCUT2D eigenvalue weighted by Crippen LogP contribution is -2.06. The van der Waals surface area contributed by atoms with E-state index in [1.807, 2.05) is 53.3 Å². The molecule has 0 aliphatic rings. The molecule has 4 aromatic rings. The van der Waals surface area contributed by atoms with Crippen molar-refractivity contribution in [1.29, 1.82) is 0 Å². The van der Waals surface area contributed by atoms with Crippen LogP contribution >= 0.6 is 11.6 Å². The van der Waals surface area contributed by atoms with Crippen LogP contribution in [0.5, 0.6) is 0 Å². The van der Waals surface area contributed by atoms with Gasteiger partial charge in [-0.15, -0.1) is 0 Å². The normalized spacial score (nSPS) is 10.9. The Hall–Kier alpha value is -2.85. The molecule has 0 saturated carbocycles. The standard InChI is InChI=1S/C19H15ClN4/c20-15-6-7-17-16(12-15)18(8-10-21-17)22-13-14-4-1-2-5-19(14)24-11-3-9-23-24/h1-12H,13H2,(H,21,22). The molecule has 0 saturated heterocycles. The van der Waals surface area contributed by atoms with Gasteiger partial charge in [0.1, 0.15) is 0 Å². The summed E-state index contributed by atoms with van der Waals surface area (Å²) in [6, 6.07) is 17.8. The monoisotopic (exact) mass is 334 g/mol. The van der Waals surface area contributed by atoms with Gasteiger partial charge < -0.3 is 5.32 Å². The third-order valence-electron chi connectivity index (χ3n) is 3.92. The molecule has 24 heavy (non-hydrogen) atoms. The summed E-state index contributed by atoms with van der Waals surface area (Å²) in [5, 5.41) is 9.54. The van der Waals surface area contributed by atoms with Crippen molar-refractivity contribution in [1.82, 2.24) is 14.8 Å². The minimum Gasteiger partial charge on any atom is -0.380 e. The number of halogens is 1. The van der Waals surface area contributed by atoms with E-state index >= 15 is 0 Å². The summed E-state index contributed by atoms with van der Waals surface area (Å²) in [5.74, 6) is 0. The molecule has 2 aromatic carbocycles. The molecular formula is C19H15ClN4. The summed E-state index contributed by atoms with van der Waals surface area (Å²) in [5.41, 5.74) is 4.15. The van der Waals surface area contributed by atoms with Crippen LogP contribution in [-0.2, 0) is 6.54 Å². The second-order valence-corrected chi connectivity index (χ2v) is 5.89. The maximum atomic E-state index is 6.13. The zero-order valence-electron chi connectivity index (χ0n) is 12.9. The number of fused-ring (bicyclic) bond motifs is 1. The Morgan fingerprint density at radius 3 is 2.79 bits per heavy atom. The second kappa shape index (κ2) is 6.34. The first kappa shape index (κ1) is 14.7. The Bertz CT molecular complexity index is 980. The van der Waals surface area contributed by atoms with Crippen LogP contribution in [0, 0.1) is 0 Å². The highest BCUT2D eigenvalue weighted by Crippen LogP contribution is 2.25. The van der Waals surface area contributed by atoms with E-state index in [4.69, 9.17) is 11.6 Å². The molecule has 4 nitrogen and oxygen atoms in total. The first-order chi connectivity index (χ1) is 11.8. The zero-order valence-corrected chi connectivity index (χ0v) is 13.6. The smallest absolute Gasteiger partial charge is 0.0723 e. The van der Waals surface area contributed by atoms with Crippen LogP contribution in [0.25, 0.3) is 16.6 Å².